The van der Waals surface area contributed by atoms with Gasteiger partial charge in [-0.05, 0) is 19.9 Å². The second-order valence-corrected chi connectivity index (χ2v) is 5.70. The van der Waals surface area contributed by atoms with Crippen molar-refractivity contribution in [2.24, 2.45) is 5.84 Å². The molecule has 0 radical (unpaired) electrons. The number of hydrogen-bond donors (Lipinski definition) is 2. The van der Waals surface area contributed by atoms with Crippen LogP contribution in [0, 0.1) is 13.8 Å². The quantitative estimate of drug-likeness (QED) is 0.651. The maximum Gasteiger partial charge on any atom is 0.123 e. The van der Waals surface area contributed by atoms with Crippen molar-refractivity contribution in [1.29, 1.82) is 0 Å². The number of thiazole rings is 1. The van der Waals surface area contributed by atoms with E-state index in [1.807, 2.05) is 31.2 Å². The van der Waals surface area contributed by atoms with Crippen molar-refractivity contribution in [3.05, 3.63) is 45.4 Å². The molecule has 5 heteroatoms. The van der Waals surface area contributed by atoms with E-state index in [9.17, 15) is 0 Å². The van der Waals surface area contributed by atoms with Crippen LogP contribution >= 0.6 is 11.3 Å². The molecule has 0 saturated heterocycles. The molecule has 1 unspecified atom stereocenters. The third kappa shape index (κ3) is 3.12. The van der Waals surface area contributed by atoms with Gasteiger partial charge in [-0.25, -0.2) is 4.98 Å². The Balaban J connectivity index is 2.24. The van der Waals surface area contributed by atoms with Crippen LogP contribution in [0.3, 0.4) is 0 Å². The van der Waals surface area contributed by atoms with Crippen molar-refractivity contribution >= 4 is 11.3 Å². The molecule has 3 N–H and O–H groups in total. The van der Waals surface area contributed by atoms with E-state index in [0.717, 1.165) is 28.4 Å². The van der Waals surface area contributed by atoms with Gasteiger partial charge in [0.15, 0.2) is 0 Å². The number of methoxy groups -OCH3 is 1. The van der Waals surface area contributed by atoms with E-state index in [0.29, 0.717) is 0 Å². The molecule has 0 aliphatic rings. The van der Waals surface area contributed by atoms with Crippen molar-refractivity contribution in [2.45, 2.75) is 26.3 Å². The lowest BCUT2D eigenvalue weighted by atomic mass is 10.0. The smallest absolute Gasteiger partial charge is 0.123 e. The van der Waals surface area contributed by atoms with Gasteiger partial charge in [0.1, 0.15) is 5.75 Å². The third-order valence-electron chi connectivity index (χ3n) is 3.17. The molecule has 1 aromatic carbocycles. The first-order valence-corrected chi connectivity index (χ1v) is 6.99. The van der Waals surface area contributed by atoms with Crippen LogP contribution in [0.25, 0.3) is 0 Å². The summed E-state index contributed by atoms with van der Waals surface area (Å²) in [4.78, 5) is 5.82. The van der Waals surface area contributed by atoms with E-state index in [1.165, 1.54) is 4.88 Å². The normalized spacial score (nSPS) is 12.4. The molecule has 0 amide bonds. The number of aryl methyl sites for hydroxylation is 2. The Labute approximate surface area is 117 Å². The van der Waals surface area contributed by atoms with E-state index in [1.54, 1.807) is 18.4 Å². The zero-order valence-electron chi connectivity index (χ0n) is 11.4. The maximum atomic E-state index is 5.69. The second kappa shape index (κ2) is 6.14. The van der Waals surface area contributed by atoms with E-state index in [4.69, 9.17) is 10.6 Å². The summed E-state index contributed by atoms with van der Waals surface area (Å²) in [7, 11) is 1.67. The fourth-order valence-corrected chi connectivity index (χ4v) is 2.99. The van der Waals surface area contributed by atoms with Crippen LogP contribution in [0.2, 0.25) is 0 Å². The highest BCUT2D eigenvalue weighted by Crippen LogP contribution is 2.28. The molecule has 102 valence electrons. The van der Waals surface area contributed by atoms with Gasteiger partial charge in [0.05, 0.1) is 23.9 Å². The highest BCUT2D eigenvalue weighted by molar-refractivity contribution is 7.11. The highest BCUT2D eigenvalue weighted by Gasteiger charge is 2.17. The van der Waals surface area contributed by atoms with Crippen molar-refractivity contribution in [3.8, 4) is 5.75 Å². The summed E-state index contributed by atoms with van der Waals surface area (Å²) in [5.41, 5.74) is 5.00. The van der Waals surface area contributed by atoms with Crippen molar-refractivity contribution in [3.63, 3.8) is 0 Å². The lowest BCUT2D eigenvalue weighted by Crippen LogP contribution is -2.29. The fourth-order valence-electron chi connectivity index (χ4n) is 2.01. The first kappa shape index (κ1) is 14.0. The predicted molar refractivity (Wildman–Crippen MR) is 78.4 cm³/mol. The maximum absolute atomic E-state index is 5.69. The van der Waals surface area contributed by atoms with E-state index in [-0.39, 0.29) is 6.04 Å². The first-order chi connectivity index (χ1) is 9.15. The molecule has 2 aromatic rings. The molecule has 1 heterocycles. The first-order valence-electron chi connectivity index (χ1n) is 6.17. The topological polar surface area (TPSA) is 60.2 Å². The number of benzene rings is 1. The molecule has 0 fully saturated rings. The summed E-state index contributed by atoms with van der Waals surface area (Å²) < 4.78 is 5.38. The molecule has 19 heavy (non-hydrogen) atoms. The van der Waals surface area contributed by atoms with Gasteiger partial charge in [-0.3, -0.25) is 11.3 Å². The van der Waals surface area contributed by atoms with Crippen molar-refractivity contribution in [2.75, 3.05) is 7.11 Å². The minimum Gasteiger partial charge on any atom is -0.496 e. The minimum absolute atomic E-state index is 0.00102. The van der Waals surface area contributed by atoms with Crippen LogP contribution in [-0.2, 0) is 6.42 Å². The molecule has 0 spiro atoms. The average Bonchev–Trinajstić information content (AvgIpc) is 2.75. The third-order valence-corrected chi connectivity index (χ3v) is 4.26. The van der Waals surface area contributed by atoms with Crippen LogP contribution in [0.15, 0.2) is 24.3 Å². The van der Waals surface area contributed by atoms with E-state index >= 15 is 0 Å². The molecule has 4 nitrogen and oxygen atoms in total. The number of nitrogens with zero attached hydrogens (tertiary/aromatic N) is 1. The summed E-state index contributed by atoms with van der Waals surface area (Å²) in [6, 6.07) is 7.91. The summed E-state index contributed by atoms with van der Waals surface area (Å²) in [6.07, 6.45) is 0.760. The molecular formula is C14H19N3OS. The van der Waals surface area contributed by atoms with Gasteiger partial charge in [0, 0.05) is 16.9 Å². The summed E-state index contributed by atoms with van der Waals surface area (Å²) in [6.45, 7) is 4.12. The standard InChI is InChI=1S/C14H19N3OS/c1-9-10(2)19-14(16-9)8-12(17-15)11-6-4-5-7-13(11)18-3/h4-7,12,17H,8,15H2,1-3H3. The molecule has 0 bridgehead atoms. The fraction of sp³-hybridized carbons (Fsp3) is 0.357. The Hall–Kier alpha value is -1.43. The lowest BCUT2D eigenvalue weighted by molar-refractivity contribution is 0.399. The molecule has 0 saturated carbocycles. The van der Waals surface area contributed by atoms with Crippen LogP contribution in [-0.4, -0.2) is 12.1 Å². The van der Waals surface area contributed by atoms with Crippen molar-refractivity contribution in [1.82, 2.24) is 10.4 Å². The lowest BCUT2D eigenvalue weighted by Gasteiger charge is -2.17. The SMILES string of the molecule is COc1ccccc1C(Cc1nc(C)c(C)s1)NN. The zero-order chi connectivity index (χ0) is 13.8. The van der Waals surface area contributed by atoms with Gasteiger partial charge < -0.3 is 4.74 Å². The van der Waals surface area contributed by atoms with Gasteiger partial charge >= 0.3 is 0 Å². The minimum atomic E-state index is 0.00102. The largest absolute Gasteiger partial charge is 0.496 e. The van der Waals surface area contributed by atoms with Gasteiger partial charge in [-0.15, -0.1) is 11.3 Å². The number of para-hydroxylation sites is 1. The van der Waals surface area contributed by atoms with E-state index < -0.39 is 0 Å². The van der Waals surface area contributed by atoms with Crippen LogP contribution < -0.4 is 16.0 Å². The number of nitrogens with two attached hydrogens (primary N) is 1. The Kier molecular flexibility index (Phi) is 4.52. The van der Waals surface area contributed by atoms with E-state index in [2.05, 4.69) is 17.3 Å². The zero-order valence-corrected chi connectivity index (χ0v) is 12.3. The number of nitrogens with one attached hydrogen (secondary N) is 1. The van der Waals surface area contributed by atoms with Gasteiger partial charge in [0.2, 0.25) is 0 Å². The van der Waals surface area contributed by atoms with Gasteiger partial charge in [-0.1, -0.05) is 18.2 Å². The monoisotopic (exact) mass is 277 g/mol. The summed E-state index contributed by atoms with van der Waals surface area (Å²) >= 11 is 1.72. The van der Waals surface area contributed by atoms with Crippen LogP contribution in [0.4, 0.5) is 0 Å². The molecule has 1 atom stereocenters. The number of hydrazine groups is 1. The molecule has 2 rings (SSSR count). The summed E-state index contributed by atoms with van der Waals surface area (Å²) in [5, 5.41) is 1.09. The van der Waals surface area contributed by atoms with Crippen LogP contribution in [0.5, 0.6) is 5.75 Å². The molecule has 0 aliphatic heterocycles. The van der Waals surface area contributed by atoms with Crippen LogP contribution in [0.1, 0.15) is 27.2 Å². The molecule has 0 aliphatic carbocycles. The number of ether oxygens (including phenoxy) is 1. The molecule has 1 aromatic heterocycles. The molecular weight excluding hydrogens is 258 g/mol. The number of rotatable bonds is 5. The Morgan fingerprint density at radius 3 is 2.68 bits per heavy atom. The Morgan fingerprint density at radius 1 is 1.37 bits per heavy atom. The number of hydrogen-bond acceptors (Lipinski definition) is 5. The average molecular weight is 277 g/mol. The Bertz CT molecular complexity index is 534. The highest BCUT2D eigenvalue weighted by atomic mass is 32.1. The predicted octanol–water partition coefficient (Wildman–Crippen LogP) is 2.52. The Morgan fingerprint density at radius 2 is 2.11 bits per heavy atom. The van der Waals surface area contributed by atoms with Gasteiger partial charge in [-0.2, -0.15) is 0 Å². The number of aromatic nitrogens is 1. The van der Waals surface area contributed by atoms with Crippen molar-refractivity contribution < 1.29 is 4.74 Å². The van der Waals surface area contributed by atoms with Gasteiger partial charge in [0.25, 0.3) is 0 Å². The summed E-state index contributed by atoms with van der Waals surface area (Å²) in [5.74, 6) is 6.54. The second-order valence-electron chi connectivity index (χ2n) is 4.41.